The van der Waals surface area contributed by atoms with E-state index in [1.807, 2.05) is 16.9 Å². The maximum absolute atomic E-state index is 5.31. The molecule has 5 nitrogen and oxygen atoms in total. The fourth-order valence-corrected chi connectivity index (χ4v) is 5.24. The van der Waals surface area contributed by atoms with Crippen LogP contribution >= 0.6 is 0 Å². The summed E-state index contributed by atoms with van der Waals surface area (Å²) >= 11 is 0. The zero-order chi connectivity index (χ0) is 19.6. The van der Waals surface area contributed by atoms with Crippen molar-refractivity contribution >= 4 is 0 Å². The predicted octanol–water partition coefficient (Wildman–Crippen LogP) is 3.42. The first-order valence-corrected chi connectivity index (χ1v) is 10.6. The van der Waals surface area contributed by atoms with Crippen molar-refractivity contribution in [2.24, 2.45) is 5.41 Å². The van der Waals surface area contributed by atoms with Crippen LogP contribution < -0.4 is 0 Å². The molecule has 0 aliphatic carbocycles. The van der Waals surface area contributed by atoms with Gasteiger partial charge in [-0.1, -0.05) is 6.07 Å². The molecule has 2 fully saturated rings. The van der Waals surface area contributed by atoms with Gasteiger partial charge in [-0.25, -0.2) is 4.68 Å². The standard InChI is InChI=1S/C23H34N4O/c1-19-14-20(2)21(22(15-19)27-10-5-8-24-27)16-26-11-7-23(18-26)6-4-9-25(17-23)12-13-28-3/h5,8,10,14-15H,4,6-7,9,11-13,16-18H2,1-3H3/t23-/m1/s1. The number of benzene rings is 1. The van der Waals surface area contributed by atoms with Crippen LogP contribution in [0.2, 0.25) is 0 Å². The van der Waals surface area contributed by atoms with Crippen LogP contribution in [0.25, 0.3) is 5.69 Å². The highest BCUT2D eigenvalue weighted by Crippen LogP contribution is 2.40. The number of piperidine rings is 1. The number of hydrogen-bond donors (Lipinski definition) is 0. The molecular formula is C23H34N4O. The summed E-state index contributed by atoms with van der Waals surface area (Å²) in [5.74, 6) is 0. The molecular weight excluding hydrogens is 348 g/mol. The summed E-state index contributed by atoms with van der Waals surface area (Å²) in [4.78, 5) is 5.29. The monoisotopic (exact) mass is 382 g/mol. The Labute approximate surface area is 169 Å². The van der Waals surface area contributed by atoms with Crippen molar-refractivity contribution in [3.05, 3.63) is 47.3 Å². The Balaban J connectivity index is 1.49. The van der Waals surface area contributed by atoms with E-state index in [-0.39, 0.29) is 0 Å². The van der Waals surface area contributed by atoms with Gasteiger partial charge in [0.15, 0.2) is 0 Å². The molecule has 0 radical (unpaired) electrons. The third-order valence-electron chi connectivity index (χ3n) is 6.60. The van der Waals surface area contributed by atoms with Crippen LogP contribution in [0.3, 0.4) is 0 Å². The minimum absolute atomic E-state index is 0.469. The molecule has 28 heavy (non-hydrogen) atoms. The van der Waals surface area contributed by atoms with E-state index >= 15 is 0 Å². The third-order valence-corrected chi connectivity index (χ3v) is 6.60. The van der Waals surface area contributed by atoms with Gasteiger partial charge in [0.2, 0.25) is 0 Å². The molecule has 5 heteroatoms. The predicted molar refractivity (Wildman–Crippen MR) is 113 cm³/mol. The van der Waals surface area contributed by atoms with E-state index < -0.39 is 0 Å². The first-order chi connectivity index (χ1) is 13.6. The molecule has 2 aliphatic heterocycles. The Morgan fingerprint density at radius 3 is 2.75 bits per heavy atom. The second kappa shape index (κ2) is 8.36. The Hall–Kier alpha value is -1.69. The van der Waals surface area contributed by atoms with E-state index in [9.17, 15) is 0 Å². The summed E-state index contributed by atoms with van der Waals surface area (Å²) in [6, 6.07) is 6.58. The van der Waals surface area contributed by atoms with Crippen LogP contribution in [0.1, 0.15) is 36.0 Å². The van der Waals surface area contributed by atoms with Crippen molar-refractivity contribution in [3.8, 4) is 5.69 Å². The van der Waals surface area contributed by atoms with Crippen molar-refractivity contribution in [3.63, 3.8) is 0 Å². The lowest BCUT2D eigenvalue weighted by atomic mass is 9.79. The third kappa shape index (κ3) is 4.17. The quantitative estimate of drug-likeness (QED) is 0.767. The van der Waals surface area contributed by atoms with Crippen LogP contribution in [0, 0.1) is 19.3 Å². The molecule has 0 unspecified atom stereocenters. The molecule has 2 saturated heterocycles. The molecule has 152 valence electrons. The summed E-state index contributed by atoms with van der Waals surface area (Å²) in [7, 11) is 1.80. The maximum Gasteiger partial charge on any atom is 0.0695 e. The van der Waals surface area contributed by atoms with Crippen LogP contribution in [-0.4, -0.2) is 66.0 Å². The molecule has 2 aliphatic rings. The number of nitrogens with zero attached hydrogens (tertiary/aromatic N) is 4. The molecule has 3 heterocycles. The lowest BCUT2D eigenvalue weighted by Crippen LogP contribution is -2.45. The second-order valence-corrected chi connectivity index (χ2v) is 8.86. The Kier molecular flexibility index (Phi) is 5.85. The summed E-state index contributed by atoms with van der Waals surface area (Å²) in [6.45, 7) is 12.2. The number of rotatable bonds is 6. The Bertz CT molecular complexity index is 788. The Morgan fingerprint density at radius 1 is 1.11 bits per heavy atom. The number of aryl methyl sites for hydroxylation is 2. The molecule has 1 aromatic heterocycles. The van der Waals surface area contributed by atoms with Gasteiger partial charge in [0, 0.05) is 45.7 Å². The maximum atomic E-state index is 5.31. The Morgan fingerprint density at radius 2 is 1.96 bits per heavy atom. The molecule has 1 atom stereocenters. The first kappa shape index (κ1) is 19.6. The highest BCUT2D eigenvalue weighted by molar-refractivity contribution is 5.48. The largest absolute Gasteiger partial charge is 0.383 e. The lowest BCUT2D eigenvalue weighted by Gasteiger charge is -2.40. The van der Waals surface area contributed by atoms with Crippen LogP contribution in [0.15, 0.2) is 30.6 Å². The number of aromatic nitrogens is 2. The fraction of sp³-hybridized carbons (Fsp3) is 0.609. The van der Waals surface area contributed by atoms with Gasteiger partial charge in [-0.2, -0.15) is 5.10 Å². The number of ether oxygens (including phenoxy) is 1. The smallest absolute Gasteiger partial charge is 0.0695 e. The minimum atomic E-state index is 0.469. The van der Waals surface area contributed by atoms with Crippen LogP contribution in [-0.2, 0) is 11.3 Å². The number of likely N-dealkylation sites (tertiary alicyclic amines) is 2. The fourth-order valence-electron chi connectivity index (χ4n) is 5.24. The zero-order valence-electron chi connectivity index (χ0n) is 17.7. The SMILES string of the molecule is COCCN1CCC[C@@]2(CCN(Cc3c(C)cc(C)cc3-n3cccn3)C2)C1. The molecule has 4 rings (SSSR count). The summed E-state index contributed by atoms with van der Waals surface area (Å²) in [5.41, 5.74) is 5.78. The highest BCUT2D eigenvalue weighted by Gasteiger charge is 2.41. The normalized spacial score (nSPS) is 23.7. The minimum Gasteiger partial charge on any atom is -0.383 e. The summed E-state index contributed by atoms with van der Waals surface area (Å²) in [6.07, 6.45) is 7.92. The van der Waals surface area contributed by atoms with Gasteiger partial charge in [0.25, 0.3) is 0 Å². The highest BCUT2D eigenvalue weighted by atomic mass is 16.5. The lowest BCUT2D eigenvalue weighted by molar-refractivity contribution is 0.0673. The van der Waals surface area contributed by atoms with Gasteiger partial charge < -0.3 is 9.64 Å². The van der Waals surface area contributed by atoms with Gasteiger partial charge in [0.1, 0.15) is 0 Å². The molecule has 1 spiro atoms. The van der Waals surface area contributed by atoms with E-state index in [2.05, 4.69) is 47.1 Å². The van der Waals surface area contributed by atoms with Crippen molar-refractivity contribution in [1.29, 1.82) is 0 Å². The topological polar surface area (TPSA) is 33.5 Å². The second-order valence-electron chi connectivity index (χ2n) is 8.86. The number of methoxy groups -OCH3 is 1. The average molecular weight is 383 g/mol. The van der Waals surface area contributed by atoms with Crippen LogP contribution in [0.5, 0.6) is 0 Å². The van der Waals surface area contributed by atoms with Gasteiger partial charge in [-0.05, 0) is 80.4 Å². The van der Waals surface area contributed by atoms with Gasteiger partial charge in [-0.3, -0.25) is 4.90 Å². The first-order valence-electron chi connectivity index (χ1n) is 10.6. The zero-order valence-corrected chi connectivity index (χ0v) is 17.7. The van der Waals surface area contributed by atoms with Gasteiger partial charge in [0.05, 0.1) is 12.3 Å². The molecule has 0 bridgehead atoms. The van der Waals surface area contributed by atoms with E-state index in [1.165, 1.54) is 67.8 Å². The van der Waals surface area contributed by atoms with Gasteiger partial charge in [-0.15, -0.1) is 0 Å². The molecule has 2 aromatic rings. The van der Waals surface area contributed by atoms with E-state index in [0.29, 0.717) is 5.41 Å². The summed E-state index contributed by atoms with van der Waals surface area (Å²) < 4.78 is 7.33. The van der Waals surface area contributed by atoms with Crippen molar-refractivity contribution in [1.82, 2.24) is 19.6 Å². The van der Waals surface area contributed by atoms with Crippen molar-refractivity contribution < 1.29 is 4.74 Å². The van der Waals surface area contributed by atoms with Crippen LogP contribution in [0.4, 0.5) is 0 Å². The number of hydrogen-bond acceptors (Lipinski definition) is 4. The van der Waals surface area contributed by atoms with E-state index in [0.717, 1.165) is 19.7 Å². The molecule has 1 aromatic carbocycles. The average Bonchev–Trinajstić information content (AvgIpc) is 3.33. The molecule has 0 N–H and O–H groups in total. The molecule has 0 amide bonds. The van der Waals surface area contributed by atoms with Crippen molar-refractivity contribution in [2.75, 3.05) is 46.4 Å². The summed E-state index contributed by atoms with van der Waals surface area (Å²) in [5, 5.41) is 4.51. The van der Waals surface area contributed by atoms with E-state index in [1.54, 1.807) is 7.11 Å². The van der Waals surface area contributed by atoms with E-state index in [4.69, 9.17) is 4.74 Å². The van der Waals surface area contributed by atoms with Gasteiger partial charge >= 0.3 is 0 Å². The van der Waals surface area contributed by atoms with Crippen molar-refractivity contribution in [2.45, 2.75) is 39.7 Å². The molecule has 0 saturated carbocycles.